The number of hydrogen-bond donors (Lipinski definition) is 0. The summed E-state index contributed by atoms with van der Waals surface area (Å²) in [5.41, 5.74) is 1.39. The predicted octanol–water partition coefficient (Wildman–Crippen LogP) is 2.65. The quantitative estimate of drug-likeness (QED) is 0.498. The third-order valence-corrected chi connectivity index (χ3v) is 2.46. The Morgan fingerprint density at radius 3 is 2.53 bits per heavy atom. The number of benzene rings is 1. The van der Waals surface area contributed by atoms with Gasteiger partial charge in [-0.1, -0.05) is 0 Å². The van der Waals surface area contributed by atoms with Crippen LogP contribution in [0.4, 0.5) is 0 Å². The number of hydrogen-bond acceptors (Lipinski definition) is 1. The molecule has 0 aliphatic rings. The van der Waals surface area contributed by atoms with Gasteiger partial charge in [0.05, 0.1) is 0 Å². The van der Waals surface area contributed by atoms with Crippen molar-refractivity contribution in [2.24, 2.45) is 0 Å². The molecule has 0 unspecified atom stereocenters. The summed E-state index contributed by atoms with van der Waals surface area (Å²) < 4.78 is 0. The average Bonchev–Trinajstić information content (AvgIpc) is 2.29. The van der Waals surface area contributed by atoms with Gasteiger partial charge in [-0.05, 0) is 0 Å². The Balaban J connectivity index is 2.43. The Morgan fingerprint density at radius 2 is 1.93 bits per heavy atom. The second kappa shape index (κ2) is 7.76. The number of likely N-dealkylation sites (N-methyl/N-ethyl adjacent to an activating group) is 1. The van der Waals surface area contributed by atoms with Crippen LogP contribution in [-0.4, -0.2) is 35.7 Å². The topological polar surface area (TPSA) is 3.24 Å². The van der Waals surface area contributed by atoms with E-state index in [-0.39, 0.29) is 0 Å². The van der Waals surface area contributed by atoms with Crippen LogP contribution in [0.3, 0.4) is 0 Å². The predicted molar refractivity (Wildman–Crippen MR) is 67.1 cm³/mol. The molecule has 76 valence electrons. The third kappa shape index (κ3) is 5.23. The van der Waals surface area contributed by atoms with Gasteiger partial charge in [0.1, 0.15) is 0 Å². The van der Waals surface area contributed by atoms with E-state index in [1.165, 1.54) is 5.56 Å². The van der Waals surface area contributed by atoms with Crippen LogP contribution in [0, 0.1) is 0 Å². The van der Waals surface area contributed by atoms with Gasteiger partial charge in [0, 0.05) is 0 Å². The van der Waals surface area contributed by atoms with Crippen molar-refractivity contribution in [1.82, 2.24) is 4.90 Å². The van der Waals surface area contributed by atoms with E-state index >= 15 is 0 Å². The van der Waals surface area contributed by atoms with Gasteiger partial charge in [-0.15, -0.1) is 0 Å². The van der Waals surface area contributed by atoms with E-state index in [0.29, 0.717) is 0 Å². The molecule has 1 rings (SSSR count). The summed E-state index contributed by atoms with van der Waals surface area (Å²) in [7, 11) is 0. The first-order valence-electron chi connectivity index (χ1n) is 5.78. The van der Waals surface area contributed by atoms with Crippen LogP contribution in [0.2, 0.25) is 5.09 Å². The molecule has 0 bridgehead atoms. The second-order valence-electron chi connectivity index (χ2n) is 3.69. The summed E-state index contributed by atoms with van der Waals surface area (Å²) in [6.45, 7) is 5.41. The second-order valence-corrected chi connectivity index (χ2v) is 3.69. The Labute approximate surface area is 102 Å². The number of allylic oxidation sites excluding steroid dienone is 1. The summed E-state index contributed by atoms with van der Waals surface area (Å²) in [5, 5.41) is 1.13. The molecule has 0 amide bonds. The van der Waals surface area contributed by atoms with Crippen LogP contribution >= 0.6 is 0 Å². The van der Waals surface area contributed by atoms with Crippen LogP contribution in [-0.2, 0) is 6.54 Å². The fraction of sp³-hybridized carbons (Fsp3) is 0.385. The molecule has 0 heterocycles. The molecule has 15 heavy (non-hydrogen) atoms. The monoisotopic (exact) mass is 195 g/mol. The van der Waals surface area contributed by atoms with Gasteiger partial charge in [-0.2, -0.15) is 0 Å². The van der Waals surface area contributed by atoms with Crippen molar-refractivity contribution in [3.8, 4) is 0 Å². The molecule has 1 aromatic rings. The first kappa shape index (κ1) is 12.6. The van der Waals surface area contributed by atoms with E-state index in [9.17, 15) is 0 Å². The first-order valence-corrected chi connectivity index (χ1v) is 5.78. The van der Waals surface area contributed by atoms with E-state index in [4.69, 9.17) is 0 Å². The van der Waals surface area contributed by atoms with Crippen LogP contribution in [0.1, 0.15) is 12.5 Å². The molecular weight excluding hydrogens is 177 g/mol. The maximum absolute atomic E-state index is 2.43. The molecule has 0 aliphatic heterocycles. The van der Waals surface area contributed by atoms with Crippen molar-refractivity contribution in [1.29, 1.82) is 0 Å². The maximum atomic E-state index is 2.43. The third-order valence-electron chi connectivity index (χ3n) is 2.46. The normalized spacial score (nSPS) is 11.5. The van der Waals surface area contributed by atoms with Gasteiger partial charge in [-0.25, -0.2) is 0 Å². The number of nitrogens with zero attached hydrogens (tertiary/aromatic N) is 1. The summed E-state index contributed by atoms with van der Waals surface area (Å²) in [4.78, 5) is 2.43. The molecule has 0 saturated heterocycles. The Kier molecular flexibility index (Phi) is 6.51. The van der Waals surface area contributed by atoms with Gasteiger partial charge in [-0.3, -0.25) is 0 Å². The van der Waals surface area contributed by atoms with Crippen molar-refractivity contribution in [3.63, 3.8) is 0 Å². The molecule has 0 aromatic heterocycles. The molecule has 0 fully saturated rings. The molecule has 1 aromatic carbocycles. The fourth-order valence-corrected chi connectivity index (χ4v) is 1.54. The van der Waals surface area contributed by atoms with Crippen molar-refractivity contribution in [3.05, 3.63) is 48.0 Å². The molecule has 2 heteroatoms. The zero-order chi connectivity index (χ0) is 10.9. The van der Waals surface area contributed by atoms with Crippen molar-refractivity contribution in [2.45, 2.75) is 18.6 Å². The van der Waals surface area contributed by atoms with Crippen LogP contribution in [0.5, 0.6) is 0 Å². The average molecular weight is 195 g/mol. The zero-order valence-electron chi connectivity index (χ0n) is 9.82. The minimum atomic E-state index is 1.05. The first-order chi connectivity index (χ1) is 7.36. The summed E-state index contributed by atoms with van der Waals surface area (Å²) in [5.74, 6) is 0. The van der Waals surface area contributed by atoms with Gasteiger partial charge in [0.25, 0.3) is 0 Å². The van der Waals surface area contributed by atoms with E-state index < -0.39 is 0 Å². The standard InChI is InChI=1S/C13H18N.Li/c1-3-5-11-14(4-2)12-13-9-7-6-8-10-13;/h3,5-10H,1,4,11-12H2,2H3;/b5-3+;. The molecule has 0 aliphatic carbocycles. The molecule has 1 nitrogen and oxygen atoms in total. The van der Waals surface area contributed by atoms with E-state index in [1.54, 1.807) is 0 Å². The van der Waals surface area contributed by atoms with E-state index in [0.717, 1.165) is 24.7 Å². The Morgan fingerprint density at radius 1 is 1.20 bits per heavy atom. The van der Waals surface area contributed by atoms with Gasteiger partial charge < -0.3 is 0 Å². The van der Waals surface area contributed by atoms with Gasteiger partial charge in [0.15, 0.2) is 0 Å². The zero-order valence-corrected chi connectivity index (χ0v) is 9.82. The summed E-state index contributed by atoms with van der Waals surface area (Å²) >= 11 is 2.17. The summed E-state index contributed by atoms with van der Waals surface area (Å²) in [6, 6.07) is 10.6. The molecule has 0 spiro atoms. The SMILES string of the molecule is [Li][CH2]/C=C/CN(CC)Cc1ccccc1. The van der Waals surface area contributed by atoms with Crippen molar-refractivity contribution < 1.29 is 0 Å². The van der Waals surface area contributed by atoms with E-state index in [2.05, 4.69) is 72.0 Å². The fourth-order valence-electron chi connectivity index (χ4n) is 1.54. The van der Waals surface area contributed by atoms with Crippen molar-refractivity contribution >= 4 is 17.7 Å². The van der Waals surface area contributed by atoms with Crippen LogP contribution in [0.25, 0.3) is 0 Å². The molecule has 0 radical (unpaired) electrons. The summed E-state index contributed by atoms with van der Waals surface area (Å²) in [6.07, 6.45) is 4.49. The van der Waals surface area contributed by atoms with Crippen LogP contribution in [0.15, 0.2) is 42.5 Å². The molecule has 0 saturated carbocycles. The molecular formula is C13H18LiN. The Bertz CT molecular complexity index is 282. The van der Waals surface area contributed by atoms with E-state index in [1.807, 2.05) is 0 Å². The van der Waals surface area contributed by atoms with Gasteiger partial charge >= 0.3 is 102 Å². The molecule has 0 N–H and O–H groups in total. The van der Waals surface area contributed by atoms with Crippen LogP contribution < -0.4 is 0 Å². The van der Waals surface area contributed by atoms with Crippen molar-refractivity contribution in [2.75, 3.05) is 13.1 Å². The Hall–Kier alpha value is -0.483. The minimum absolute atomic E-state index is 1.05. The number of rotatable bonds is 6. The van der Waals surface area contributed by atoms with Gasteiger partial charge in [0.2, 0.25) is 0 Å². The molecule has 0 atom stereocenters.